The van der Waals surface area contributed by atoms with Crippen molar-refractivity contribution in [2.75, 3.05) is 51.2 Å². The highest BCUT2D eigenvalue weighted by Crippen LogP contribution is 2.18. The molecule has 0 atom stereocenters. The molecule has 152 valence electrons. The third kappa shape index (κ3) is 5.80. The maximum atomic E-state index is 12.4. The maximum Gasteiger partial charge on any atom is 0.238 e. The third-order valence-corrected chi connectivity index (χ3v) is 5.38. The second kappa shape index (κ2) is 10.1. The number of rotatable bonds is 7. The summed E-state index contributed by atoms with van der Waals surface area (Å²) < 4.78 is 5.77. The molecule has 2 aromatic rings. The minimum Gasteiger partial charge on any atom is -0.491 e. The molecule has 1 saturated heterocycles. The van der Waals surface area contributed by atoms with Crippen LogP contribution in [0.3, 0.4) is 0 Å². The van der Waals surface area contributed by atoms with Crippen molar-refractivity contribution in [3.63, 3.8) is 0 Å². The summed E-state index contributed by atoms with van der Waals surface area (Å²) >= 11 is 0. The fraction of sp³-hybridized carbons (Fsp3) is 0.391. The molecule has 0 radical (unpaired) electrons. The van der Waals surface area contributed by atoms with Gasteiger partial charge in [-0.15, -0.1) is 0 Å². The van der Waals surface area contributed by atoms with Crippen LogP contribution in [-0.2, 0) is 4.79 Å². The predicted octanol–water partition coefficient (Wildman–Crippen LogP) is 2.81. The van der Waals surface area contributed by atoms with Gasteiger partial charge in [0.15, 0.2) is 0 Å². The molecule has 6 heteroatoms. The highest BCUT2D eigenvalue weighted by Gasteiger charge is 2.19. The van der Waals surface area contributed by atoms with Gasteiger partial charge in [-0.2, -0.15) is 5.26 Å². The molecule has 1 aliphatic heterocycles. The van der Waals surface area contributed by atoms with Crippen LogP contribution in [0, 0.1) is 25.2 Å². The van der Waals surface area contributed by atoms with Gasteiger partial charge in [0, 0.05) is 38.4 Å². The number of aryl methyl sites for hydroxylation is 1. The number of hydrogen-bond donors (Lipinski definition) is 1. The van der Waals surface area contributed by atoms with E-state index in [0.29, 0.717) is 24.5 Å². The Morgan fingerprint density at radius 2 is 1.79 bits per heavy atom. The Morgan fingerprint density at radius 1 is 1.07 bits per heavy atom. The molecule has 3 rings (SSSR count). The van der Waals surface area contributed by atoms with Gasteiger partial charge < -0.3 is 10.1 Å². The molecule has 2 aromatic carbocycles. The fourth-order valence-electron chi connectivity index (χ4n) is 3.42. The van der Waals surface area contributed by atoms with Gasteiger partial charge in [-0.1, -0.05) is 24.3 Å². The first-order chi connectivity index (χ1) is 14.1. The number of nitriles is 1. The van der Waals surface area contributed by atoms with Crippen molar-refractivity contribution in [1.29, 1.82) is 5.26 Å². The standard InChI is InChI=1S/C23H28N4O2/c1-18-6-5-8-21(19(18)2)25-23(28)17-27-12-10-26(11-13-27)14-15-29-22-9-4-3-7-20(22)16-24/h3-9H,10-15,17H2,1-2H3,(H,25,28). The lowest BCUT2D eigenvalue weighted by Crippen LogP contribution is -2.49. The number of benzene rings is 2. The molecule has 0 aliphatic carbocycles. The lowest BCUT2D eigenvalue weighted by atomic mass is 10.1. The quantitative estimate of drug-likeness (QED) is 0.785. The molecule has 1 heterocycles. The number of hydrogen-bond acceptors (Lipinski definition) is 5. The summed E-state index contributed by atoms with van der Waals surface area (Å²) in [5, 5.41) is 12.1. The highest BCUT2D eigenvalue weighted by atomic mass is 16.5. The number of ether oxygens (including phenoxy) is 1. The zero-order chi connectivity index (χ0) is 20.6. The van der Waals surface area contributed by atoms with Crippen LogP contribution >= 0.6 is 0 Å². The van der Waals surface area contributed by atoms with Gasteiger partial charge >= 0.3 is 0 Å². The molecule has 29 heavy (non-hydrogen) atoms. The van der Waals surface area contributed by atoms with Crippen molar-refractivity contribution >= 4 is 11.6 Å². The number of anilines is 1. The largest absolute Gasteiger partial charge is 0.491 e. The van der Waals surface area contributed by atoms with Crippen LogP contribution in [0.15, 0.2) is 42.5 Å². The number of nitrogens with one attached hydrogen (secondary N) is 1. The molecular weight excluding hydrogens is 364 g/mol. The van der Waals surface area contributed by atoms with Crippen LogP contribution in [-0.4, -0.2) is 61.6 Å². The molecule has 0 bridgehead atoms. The molecule has 0 spiro atoms. The lowest BCUT2D eigenvalue weighted by molar-refractivity contribution is -0.117. The molecule has 0 saturated carbocycles. The van der Waals surface area contributed by atoms with E-state index in [1.165, 1.54) is 5.56 Å². The smallest absolute Gasteiger partial charge is 0.238 e. The summed E-state index contributed by atoms with van der Waals surface area (Å²) in [6.45, 7) is 9.36. The summed E-state index contributed by atoms with van der Waals surface area (Å²) in [5.74, 6) is 0.667. The summed E-state index contributed by atoms with van der Waals surface area (Å²) in [6.07, 6.45) is 0. The van der Waals surface area contributed by atoms with E-state index in [-0.39, 0.29) is 5.91 Å². The third-order valence-electron chi connectivity index (χ3n) is 5.38. The summed E-state index contributed by atoms with van der Waals surface area (Å²) in [4.78, 5) is 16.9. The summed E-state index contributed by atoms with van der Waals surface area (Å²) in [6, 6.07) is 15.4. The second-order valence-electron chi connectivity index (χ2n) is 7.37. The Balaban J connectivity index is 1.38. The van der Waals surface area contributed by atoms with E-state index in [1.54, 1.807) is 6.07 Å². The van der Waals surface area contributed by atoms with Gasteiger partial charge in [0.05, 0.1) is 12.1 Å². The number of amides is 1. The van der Waals surface area contributed by atoms with Gasteiger partial charge in [0.25, 0.3) is 0 Å². The topological polar surface area (TPSA) is 68.6 Å². The van der Waals surface area contributed by atoms with E-state index >= 15 is 0 Å². The van der Waals surface area contributed by atoms with Crippen LogP contribution in [0.5, 0.6) is 5.75 Å². The van der Waals surface area contributed by atoms with Gasteiger partial charge in [0.1, 0.15) is 18.4 Å². The van der Waals surface area contributed by atoms with Crippen molar-refractivity contribution in [3.05, 3.63) is 59.2 Å². The van der Waals surface area contributed by atoms with Crippen molar-refractivity contribution in [3.8, 4) is 11.8 Å². The molecular formula is C23H28N4O2. The van der Waals surface area contributed by atoms with E-state index < -0.39 is 0 Å². The van der Waals surface area contributed by atoms with E-state index in [2.05, 4.69) is 21.2 Å². The minimum absolute atomic E-state index is 0.0311. The first-order valence-corrected chi connectivity index (χ1v) is 9.99. The normalized spacial score (nSPS) is 14.9. The Labute approximate surface area is 172 Å². The number of para-hydroxylation sites is 1. The van der Waals surface area contributed by atoms with E-state index in [9.17, 15) is 4.79 Å². The number of carbonyl (C=O) groups is 1. The fourth-order valence-corrected chi connectivity index (χ4v) is 3.42. The summed E-state index contributed by atoms with van der Waals surface area (Å²) in [5.41, 5.74) is 3.75. The SMILES string of the molecule is Cc1cccc(NC(=O)CN2CCN(CCOc3ccccc3C#N)CC2)c1C. The van der Waals surface area contributed by atoms with Crippen LogP contribution in [0.1, 0.15) is 16.7 Å². The molecule has 0 aromatic heterocycles. The van der Waals surface area contributed by atoms with E-state index in [4.69, 9.17) is 10.00 Å². The molecule has 6 nitrogen and oxygen atoms in total. The van der Waals surface area contributed by atoms with E-state index in [1.807, 2.05) is 50.2 Å². The van der Waals surface area contributed by atoms with Gasteiger partial charge in [0.2, 0.25) is 5.91 Å². The zero-order valence-electron chi connectivity index (χ0n) is 17.1. The van der Waals surface area contributed by atoms with Crippen molar-refractivity contribution in [1.82, 2.24) is 9.80 Å². The van der Waals surface area contributed by atoms with Gasteiger partial charge in [-0.3, -0.25) is 14.6 Å². The Hall–Kier alpha value is -2.88. The van der Waals surface area contributed by atoms with Crippen LogP contribution in [0.25, 0.3) is 0 Å². The van der Waals surface area contributed by atoms with E-state index in [0.717, 1.165) is 44.0 Å². The monoisotopic (exact) mass is 392 g/mol. The van der Waals surface area contributed by atoms with Crippen molar-refractivity contribution < 1.29 is 9.53 Å². The van der Waals surface area contributed by atoms with Gasteiger partial charge in [-0.05, 0) is 43.2 Å². The van der Waals surface area contributed by atoms with Crippen molar-refractivity contribution in [2.45, 2.75) is 13.8 Å². The highest BCUT2D eigenvalue weighted by molar-refractivity contribution is 5.93. The molecule has 1 N–H and O–H groups in total. The lowest BCUT2D eigenvalue weighted by Gasteiger charge is -2.34. The maximum absolute atomic E-state index is 12.4. The average molecular weight is 393 g/mol. The second-order valence-corrected chi connectivity index (χ2v) is 7.37. The zero-order valence-corrected chi connectivity index (χ0v) is 17.1. The Bertz CT molecular complexity index is 883. The molecule has 1 fully saturated rings. The minimum atomic E-state index is 0.0311. The molecule has 0 unspecified atom stereocenters. The average Bonchev–Trinajstić information content (AvgIpc) is 2.73. The van der Waals surface area contributed by atoms with Crippen LogP contribution < -0.4 is 10.1 Å². The molecule has 1 aliphatic rings. The first-order valence-electron chi connectivity index (χ1n) is 9.99. The number of carbonyl (C=O) groups excluding carboxylic acids is 1. The first kappa shape index (κ1) is 20.8. The number of piperazine rings is 1. The van der Waals surface area contributed by atoms with Crippen molar-refractivity contribution in [2.24, 2.45) is 0 Å². The Morgan fingerprint density at radius 3 is 2.55 bits per heavy atom. The van der Waals surface area contributed by atoms with Crippen LogP contribution in [0.2, 0.25) is 0 Å². The molecule has 1 amide bonds. The number of nitrogens with zero attached hydrogens (tertiary/aromatic N) is 3. The predicted molar refractivity (Wildman–Crippen MR) is 114 cm³/mol. The Kier molecular flexibility index (Phi) is 7.23. The van der Waals surface area contributed by atoms with Gasteiger partial charge in [-0.25, -0.2) is 0 Å². The van der Waals surface area contributed by atoms with Crippen LogP contribution in [0.4, 0.5) is 5.69 Å². The summed E-state index contributed by atoms with van der Waals surface area (Å²) in [7, 11) is 0.